The SMILES string of the molecule is CC(NCc1ccc(C(C)C(=O)O)cc1)C(N)=O. The van der Waals surface area contributed by atoms with Gasteiger partial charge in [0.2, 0.25) is 5.91 Å². The van der Waals surface area contributed by atoms with Gasteiger partial charge in [-0.1, -0.05) is 24.3 Å². The highest BCUT2D eigenvalue weighted by atomic mass is 16.4. The number of nitrogens with two attached hydrogens (primary N) is 1. The molecule has 18 heavy (non-hydrogen) atoms. The van der Waals surface area contributed by atoms with E-state index in [1.165, 1.54) is 0 Å². The van der Waals surface area contributed by atoms with Gasteiger partial charge < -0.3 is 16.2 Å². The lowest BCUT2D eigenvalue weighted by molar-refractivity contribution is -0.138. The predicted molar refractivity (Wildman–Crippen MR) is 68.0 cm³/mol. The van der Waals surface area contributed by atoms with Gasteiger partial charge in [-0.05, 0) is 25.0 Å². The van der Waals surface area contributed by atoms with Gasteiger partial charge >= 0.3 is 5.97 Å². The second kappa shape index (κ2) is 6.16. The predicted octanol–water partition coefficient (Wildman–Crippen LogP) is 0.838. The normalized spacial score (nSPS) is 13.9. The van der Waals surface area contributed by atoms with Crippen molar-refractivity contribution in [2.75, 3.05) is 0 Å². The van der Waals surface area contributed by atoms with Crippen molar-refractivity contribution in [2.45, 2.75) is 32.4 Å². The Bertz CT molecular complexity index is 428. The molecule has 0 aliphatic rings. The largest absolute Gasteiger partial charge is 0.481 e. The molecule has 5 nitrogen and oxygen atoms in total. The zero-order chi connectivity index (χ0) is 13.7. The van der Waals surface area contributed by atoms with Gasteiger partial charge in [0.15, 0.2) is 0 Å². The molecular formula is C13H18N2O3. The third-order valence-corrected chi connectivity index (χ3v) is 2.89. The first-order valence-electron chi connectivity index (χ1n) is 5.76. The van der Waals surface area contributed by atoms with Crippen LogP contribution in [0.5, 0.6) is 0 Å². The molecule has 1 aromatic carbocycles. The van der Waals surface area contributed by atoms with Crippen molar-refractivity contribution in [3.05, 3.63) is 35.4 Å². The van der Waals surface area contributed by atoms with E-state index in [9.17, 15) is 9.59 Å². The molecular weight excluding hydrogens is 232 g/mol. The molecule has 4 N–H and O–H groups in total. The number of hydrogen-bond donors (Lipinski definition) is 3. The van der Waals surface area contributed by atoms with Gasteiger partial charge in [0.1, 0.15) is 0 Å². The summed E-state index contributed by atoms with van der Waals surface area (Å²) in [5, 5.41) is 11.9. The molecule has 0 aliphatic heterocycles. The molecule has 0 aliphatic carbocycles. The first-order chi connectivity index (χ1) is 8.41. The van der Waals surface area contributed by atoms with Gasteiger partial charge in [0, 0.05) is 6.54 Å². The molecule has 1 aromatic rings. The van der Waals surface area contributed by atoms with Crippen LogP contribution in [0.4, 0.5) is 0 Å². The maximum atomic E-state index is 10.8. The monoisotopic (exact) mass is 250 g/mol. The molecule has 2 unspecified atom stereocenters. The first kappa shape index (κ1) is 14.2. The summed E-state index contributed by atoms with van der Waals surface area (Å²) in [7, 11) is 0. The highest BCUT2D eigenvalue weighted by molar-refractivity contribution is 5.79. The molecule has 0 aromatic heterocycles. The molecule has 1 rings (SSSR count). The number of carboxylic acid groups (broad SMARTS) is 1. The molecule has 2 atom stereocenters. The maximum absolute atomic E-state index is 10.8. The summed E-state index contributed by atoms with van der Waals surface area (Å²) in [5.41, 5.74) is 6.87. The van der Waals surface area contributed by atoms with Gasteiger partial charge in [-0.25, -0.2) is 0 Å². The maximum Gasteiger partial charge on any atom is 0.310 e. The van der Waals surface area contributed by atoms with Gasteiger partial charge in [0.25, 0.3) is 0 Å². The Morgan fingerprint density at radius 3 is 2.28 bits per heavy atom. The quantitative estimate of drug-likeness (QED) is 0.697. The molecule has 0 fully saturated rings. The van der Waals surface area contributed by atoms with E-state index in [0.29, 0.717) is 6.54 Å². The van der Waals surface area contributed by atoms with Gasteiger partial charge in [-0.2, -0.15) is 0 Å². The zero-order valence-corrected chi connectivity index (χ0v) is 10.5. The number of aliphatic carboxylic acids is 1. The molecule has 0 saturated heterocycles. The fourth-order valence-corrected chi connectivity index (χ4v) is 1.44. The minimum atomic E-state index is -0.844. The number of benzene rings is 1. The van der Waals surface area contributed by atoms with Crippen molar-refractivity contribution in [3.8, 4) is 0 Å². The zero-order valence-electron chi connectivity index (χ0n) is 10.5. The molecule has 0 saturated carbocycles. The van der Waals surface area contributed by atoms with E-state index in [1.807, 2.05) is 12.1 Å². The van der Waals surface area contributed by atoms with Crippen molar-refractivity contribution in [1.82, 2.24) is 5.32 Å². The van der Waals surface area contributed by atoms with Crippen LogP contribution in [0.1, 0.15) is 30.9 Å². The highest BCUT2D eigenvalue weighted by Gasteiger charge is 2.13. The number of amides is 1. The molecule has 5 heteroatoms. The van der Waals surface area contributed by atoms with E-state index in [-0.39, 0.29) is 6.04 Å². The number of hydrogen-bond acceptors (Lipinski definition) is 3. The second-order valence-electron chi connectivity index (χ2n) is 4.31. The van der Waals surface area contributed by atoms with E-state index in [2.05, 4.69) is 5.32 Å². The summed E-state index contributed by atoms with van der Waals surface area (Å²) < 4.78 is 0. The molecule has 0 bridgehead atoms. The summed E-state index contributed by atoms with van der Waals surface area (Å²) in [5.74, 6) is -1.76. The summed E-state index contributed by atoms with van der Waals surface area (Å²) in [6.45, 7) is 3.86. The third-order valence-electron chi connectivity index (χ3n) is 2.89. The fraction of sp³-hybridized carbons (Fsp3) is 0.385. The Hall–Kier alpha value is -1.88. The second-order valence-corrected chi connectivity index (χ2v) is 4.31. The molecule has 0 heterocycles. The minimum absolute atomic E-state index is 0.386. The van der Waals surface area contributed by atoms with Crippen LogP contribution in [-0.4, -0.2) is 23.0 Å². The van der Waals surface area contributed by atoms with Crippen molar-refractivity contribution >= 4 is 11.9 Å². The number of carbonyl (C=O) groups excluding carboxylic acids is 1. The summed E-state index contributed by atoms with van der Waals surface area (Å²) >= 11 is 0. The first-order valence-corrected chi connectivity index (χ1v) is 5.76. The summed E-state index contributed by atoms with van der Waals surface area (Å²) in [4.78, 5) is 21.6. The van der Waals surface area contributed by atoms with Crippen LogP contribution in [-0.2, 0) is 16.1 Å². The Kier molecular flexibility index (Phi) is 4.85. The van der Waals surface area contributed by atoms with Gasteiger partial charge in [-0.3, -0.25) is 9.59 Å². The molecule has 0 spiro atoms. The number of carbonyl (C=O) groups is 2. The van der Waals surface area contributed by atoms with Crippen molar-refractivity contribution in [1.29, 1.82) is 0 Å². The van der Waals surface area contributed by atoms with Gasteiger partial charge in [0.05, 0.1) is 12.0 Å². The van der Waals surface area contributed by atoms with Crippen molar-refractivity contribution in [3.63, 3.8) is 0 Å². The average Bonchev–Trinajstić information content (AvgIpc) is 2.35. The van der Waals surface area contributed by atoms with Crippen LogP contribution >= 0.6 is 0 Å². The van der Waals surface area contributed by atoms with E-state index < -0.39 is 17.8 Å². The topological polar surface area (TPSA) is 92.4 Å². The minimum Gasteiger partial charge on any atom is -0.481 e. The average molecular weight is 250 g/mol. The highest BCUT2D eigenvalue weighted by Crippen LogP contribution is 2.15. The Morgan fingerprint density at radius 1 is 1.28 bits per heavy atom. The van der Waals surface area contributed by atoms with Crippen LogP contribution in [0, 0.1) is 0 Å². The third kappa shape index (κ3) is 3.85. The lowest BCUT2D eigenvalue weighted by atomic mass is 10.00. The van der Waals surface area contributed by atoms with Crippen LogP contribution in [0.25, 0.3) is 0 Å². The fourth-order valence-electron chi connectivity index (χ4n) is 1.44. The number of carboxylic acids is 1. The van der Waals surface area contributed by atoms with Crippen LogP contribution in [0.15, 0.2) is 24.3 Å². The van der Waals surface area contributed by atoms with Gasteiger partial charge in [-0.15, -0.1) is 0 Å². The van der Waals surface area contributed by atoms with Crippen molar-refractivity contribution < 1.29 is 14.7 Å². The molecule has 0 radical (unpaired) electrons. The van der Waals surface area contributed by atoms with Crippen LogP contribution in [0.2, 0.25) is 0 Å². The number of nitrogens with one attached hydrogen (secondary N) is 1. The molecule has 98 valence electrons. The van der Waals surface area contributed by atoms with E-state index in [4.69, 9.17) is 10.8 Å². The summed E-state index contributed by atoms with van der Waals surface area (Å²) in [6, 6.07) is 6.86. The Morgan fingerprint density at radius 2 is 1.83 bits per heavy atom. The lowest BCUT2D eigenvalue weighted by Crippen LogP contribution is -2.38. The smallest absolute Gasteiger partial charge is 0.310 e. The van der Waals surface area contributed by atoms with Crippen molar-refractivity contribution in [2.24, 2.45) is 5.73 Å². The van der Waals surface area contributed by atoms with E-state index in [1.54, 1.807) is 26.0 Å². The van der Waals surface area contributed by atoms with Crippen LogP contribution in [0.3, 0.4) is 0 Å². The molecule has 1 amide bonds. The van der Waals surface area contributed by atoms with E-state index >= 15 is 0 Å². The van der Waals surface area contributed by atoms with E-state index in [0.717, 1.165) is 11.1 Å². The number of primary amides is 1. The number of rotatable bonds is 6. The lowest BCUT2D eigenvalue weighted by Gasteiger charge is -2.11. The van der Waals surface area contributed by atoms with Crippen LogP contribution < -0.4 is 11.1 Å². The summed E-state index contributed by atoms with van der Waals surface area (Å²) in [6.07, 6.45) is 0. The standard InChI is InChI=1S/C13H18N2O3/c1-8(13(17)18)11-5-3-10(4-6-11)7-15-9(2)12(14)16/h3-6,8-9,15H,7H2,1-2H3,(H2,14,16)(H,17,18). The Balaban J connectivity index is 2.61. The Labute approximate surface area is 106 Å².